The van der Waals surface area contributed by atoms with Crippen LogP contribution in [0.2, 0.25) is 0 Å². The number of aromatic nitrogens is 1. The summed E-state index contributed by atoms with van der Waals surface area (Å²) < 4.78 is 0. The normalized spacial score (nSPS) is 16.6. The van der Waals surface area contributed by atoms with E-state index in [2.05, 4.69) is 46.9 Å². The van der Waals surface area contributed by atoms with Crippen LogP contribution in [-0.4, -0.2) is 11.2 Å². The standard InChI is InChI=1S/C17H20N2S/c1-20-16-7-5-15(6-8-16)17(9-3-10-17)19-13-14-4-2-11-18-12-14/h2,4-8,11-12,19H,3,9-10,13H2,1H3. The lowest BCUT2D eigenvalue weighted by Gasteiger charge is -2.43. The van der Waals surface area contributed by atoms with Gasteiger partial charge in [0.05, 0.1) is 0 Å². The van der Waals surface area contributed by atoms with Crippen molar-refractivity contribution < 1.29 is 0 Å². The topological polar surface area (TPSA) is 24.9 Å². The first-order valence-corrected chi connectivity index (χ1v) is 8.33. The summed E-state index contributed by atoms with van der Waals surface area (Å²) in [6, 6.07) is 13.1. The van der Waals surface area contributed by atoms with Gasteiger partial charge in [-0.05, 0) is 54.8 Å². The molecule has 2 aromatic rings. The van der Waals surface area contributed by atoms with Gasteiger partial charge in [-0.25, -0.2) is 0 Å². The van der Waals surface area contributed by atoms with Crippen LogP contribution in [0.4, 0.5) is 0 Å². The van der Waals surface area contributed by atoms with Gasteiger partial charge in [-0.15, -0.1) is 11.8 Å². The van der Waals surface area contributed by atoms with E-state index in [0.717, 1.165) is 6.54 Å². The Bertz CT molecular complexity index is 547. The van der Waals surface area contributed by atoms with E-state index < -0.39 is 0 Å². The van der Waals surface area contributed by atoms with E-state index in [1.54, 1.807) is 11.8 Å². The van der Waals surface area contributed by atoms with Crippen molar-refractivity contribution in [1.29, 1.82) is 0 Å². The highest BCUT2D eigenvalue weighted by atomic mass is 32.2. The molecule has 1 saturated carbocycles. The molecular weight excluding hydrogens is 264 g/mol. The molecule has 0 saturated heterocycles. The van der Waals surface area contributed by atoms with Crippen LogP contribution in [0.15, 0.2) is 53.7 Å². The molecule has 1 fully saturated rings. The maximum atomic E-state index is 4.18. The Morgan fingerprint density at radius 1 is 1.20 bits per heavy atom. The number of nitrogens with zero attached hydrogens (tertiary/aromatic N) is 1. The molecule has 0 atom stereocenters. The quantitative estimate of drug-likeness (QED) is 0.841. The summed E-state index contributed by atoms with van der Waals surface area (Å²) in [4.78, 5) is 5.51. The van der Waals surface area contributed by atoms with E-state index in [1.807, 2.05) is 18.5 Å². The molecule has 1 heterocycles. The molecule has 0 spiro atoms. The van der Waals surface area contributed by atoms with Crippen molar-refractivity contribution in [2.45, 2.75) is 36.2 Å². The van der Waals surface area contributed by atoms with E-state index in [1.165, 1.54) is 35.3 Å². The smallest absolute Gasteiger partial charge is 0.0437 e. The van der Waals surface area contributed by atoms with E-state index in [4.69, 9.17) is 0 Å². The fraction of sp³-hybridized carbons (Fsp3) is 0.353. The minimum absolute atomic E-state index is 0.173. The average Bonchev–Trinajstić information content (AvgIpc) is 2.48. The molecule has 3 heteroatoms. The molecule has 1 aromatic heterocycles. The lowest BCUT2D eigenvalue weighted by atomic mass is 9.71. The van der Waals surface area contributed by atoms with E-state index in [0.29, 0.717) is 0 Å². The largest absolute Gasteiger partial charge is 0.303 e. The average molecular weight is 284 g/mol. The number of pyridine rings is 1. The fourth-order valence-corrected chi connectivity index (χ4v) is 3.19. The molecule has 0 bridgehead atoms. The monoisotopic (exact) mass is 284 g/mol. The van der Waals surface area contributed by atoms with Gasteiger partial charge in [0.1, 0.15) is 0 Å². The van der Waals surface area contributed by atoms with Gasteiger partial charge in [-0.2, -0.15) is 0 Å². The van der Waals surface area contributed by atoms with Gasteiger partial charge in [0, 0.05) is 29.4 Å². The van der Waals surface area contributed by atoms with Crippen LogP contribution in [0.1, 0.15) is 30.4 Å². The second-order valence-corrected chi connectivity index (χ2v) is 6.26. The first-order valence-electron chi connectivity index (χ1n) is 7.11. The number of hydrogen-bond acceptors (Lipinski definition) is 3. The van der Waals surface area contributed by atoms with Crippen molar-refractivity contribution in [3.8, 4) is 0 Å². The van der Waals surface area contributed by atoms with Crippen molar-refractivity contribution in [2.75, 3.05) is 6.26 Å². The number of thioether (sulfide) groups is 1. The molecule has 1 aliphatic carbocycles. The molecule has 0 unspecified atom stereocenters. The lowest BCUT2D eigenvalue weighted by molar-refractivity contribution is 0.183. The fourth-order valence-electron chi connectivity index (χ4n) is 2.78. The highest BCUT2D eigenvalue weighted by molar-refractivity contribution is 7.98. The highest BCUT2D eigenvalue weighted by Gasteiger charge is 2.37. The van der Waals surface area contributed by atoms with Gasteiger partial charge in [0.2, 0.25) is 0 Å². The number of rotatable bonds is 5. The second-order valence-electron chi connectivity index (χ2n) is 5.38. The van der Waals surface area contributed by atoms with Crippen LogP contribution >= 0.6 is 11.8 Å². The van der Waals surface area contributed by atoms with Crippen molar-refractivity contribution in [1.82, 2.24) is 10.3 Å². The summed E-state index contributed by atoms with van der Waals surface area (Å²) >= 11 is 1.80. The second kappa shape index (κ2) is 5.98. The maximum Gasteiger partial charge on any atom is 0.0437 e. The third-order valence-corrected chi connectivity index (χ3v) is 4.95. The molecule has 104 valence electrons. The maximum absolute atomic E-state index is 4.18. The summed E-state index contributed by atoms with van der Waals surface area (Å²) in [5.74, 6) is 0. The Hall–Kier alpha value is -1.32. The van der Waals surface area contributed by atoms with Crippen LogP contribution in [0.3, 0.4) is 0 Å². The van der Waals surface area contributed by atoms with Gasteiger partial charge in [0.15, 0.2) is 0 Å². The van der Waals surface area contributed by atoms with Crippen molar-refractivity contribution in [2.24, 2.45) is 0 Å². The van der Waals surface area contributed by atoms with E-state index >= 15 is 0 Å². The summed E-state index contributed by atoms with van der Waals surface area (Å²) in [6.45, 7) is 0.887. The zero-order valence-corrected chi connectivity index (χ0v) is 12.6. The zero-order valence-electron chi connectivity index (χ0n) is 11.8. The van der Waals surface area contributed by atoms with Crippen LogP contribution in [0, 0.1) is 0 Å². The van der Waals surface area contributed by atoms with Gasteiger partial charge >= 0.3 is 0 Å². The third kappa shape index (κ3) is 2.74. The molecule has 0 amide bonds. The van der Waals surface area contributed by atoms with Gasteiger partial charge < -0.3 is 5.32 Å². The van der Waals surface area contributed by atoms with Crippen molar-refractivity contribution in [3.05, 3.63) is 59.9 Å². The Morgan fingerprint density at radius 3 is 2.55 bits per heavy atom. The SMILES string of the molecule is CSc1ccc(C2(NCc3cccnc3)CCC2)cc1. The van der Waals surface area contributed by atoms with Crippen LogP contribution < -0.4 is 5.32 Å². The molecular formula is C17H20N2S. The summed E-state index contributed by atoms with van der Waals surface area (Å²) in [5.41, 5.74) is 2.84. The summed E-state index contributed by atoms with van der Waals surface area (Å²) in [7, 11) is 0. The number of hydrogen-bond donors (Lipinski definition) is 1. The van der Waals surface area contributed by atoms with Gasteiger partial charge in [-0.1, -0.05) is 18.2 Å². The Labute approximate surface area is 125 Å². The van der Waals surface area contributed by atoms with Crippen LogP contribution in [0.25, 0.3) is 0 Å². The molecule has 0 radical (unpaired) electrons. The molecule has 1 aliphatic rings. The molecule has 1 N–H and O–H groups in total. The van der Waals surface area contributed by atoms with Crippen LogP contribution in [-0.2, 0) is 12.1 Å². The van der Waals surface area contributed by atoms with Crippen molar-refractivity contribution >= 4 is 11.8 Å². The molecule has 0 aliphatic heterocycles. The van der Waals surface area contributed by atoms with E-state index in [-0.39, 0.29) is 5.54 Å². The van der Waals surface area contributed by atoms with Gasteiger partial charge in [-0.3, -0.25) is 4.98 Å². The van der Waals surface area contributed by atoms with Gasteiger partial charge in [0.25, 0.3) is 0 Å². The molecule has 3 rings (SSSR count). The van der Waals surface area contributed by atoms with Crippen LogP contribution in [0.5, 0.6) is 0 Å². The number of nitrogens with one attached hydrogen (secondary N) is 1. The first-order chi connectivity index (χ1) is 9.82. The predicted octanol–water partition coefficient (Wildman–Crippen LogP) is 3.97. The number of benzene rings is 1. The molecule has 20 heavy (non-hydrogen) atoms. The van der Waals surface area contributed by atoms with E-state index in [9.17, 15) is 0 Å². The summed E-state index contributed by atoms with van der Waals surface area (Å²) in [6.07, 6.45) is 9.65. The summed E-state index contributed by atoms with van der Waals surface area (Å²) in [5, 5.41) is 3.76. The Balaban J connectivity index is 1.73. The zero-order chi connectivity index (χ0) is 13.8. The van der Waals surface area contributed by atoms with Crippen molar-refractivity contribution in [3.63, 3.8) is 0 Å². The molecule has 1 aromatic carbocycles. The highest BCUT2D eigenvalue weighted by Crippen LogP contribution is 2.41. The Kier molecular flexibility index (Phi) is 4.08. The Morgan fingerprint density at radius 2 is 2.00 bits per heavy atom. The predicted molar refractivity (Wildman–Crippen MR) is 84.8 cm³/mol. The minimum atomic E-state index is 0.173. The minimum Gasteiger partial charge on any atom is -0.303 e. The lowest BCUT2D eigenvalue weighted by Crippen LogP contribution is -2.47. The first kappa shape index (κ1) is 13.7. The molecule has 2 nitrogen and oxygen atoms in total. The third-order valence-electron chi connectivity index (χ3n) is 4.20.